The number of hydrogen-bond acceptors (Lipinski definition) is 7. The van der Waals surface area contributed by atoms with Crippen LogP contribution in [0.4, 0.5) is 0 Å². The van der Waals surface area contributed by atoms with Crippen LogP contribution in [0.15, 0.2) is 66.3 Å². The van der Waals surface area contributed by atoms with Crippen LogP contribution in [-0.2, 0) is 36.6 Å². The van der Waals surface area contributed by atoms with Gasteiger partial charge in [-0.2, -0.15) is 0 Å². The third-order valence-corrected chi connectivity index (χ3v) is 8.94. The molecule has 2 saturated heterocycles. The van der Waals surface area contributed by atoms with Crippen LogP contribution in [0.3, 0.4) is 0 Å². The second kappa shape index (κ2) is 10.8. The molecule has 214 valence electrons. The summed E-state index contributed by atoms with van der Waals surface area (Å²) < 4.78 is 24.9. The van der Waals surface area contributed by atoms with E-state index < -0.39 is 30.1 Å². The van der Waals surface area contributed by atoms with Crippen molar-refractivity contribution in [3.8, 4) is 0 Å². The van der Waals surface area contributed by atoms with E-state index >= 15 is 0 Å². The van der Waals surface area contributed by atoms with Crippen LogP contribution in [-0.4, -0.2) is 66.4 Å². The van der Waals surface area contributed by atoms with E-state index in [1.165, 1.54) is 11.1 Å². The summed E-state index contributed by atoms with van der Waals surface area (Å²) in [5, 5.41) is 11.9. The van der Waals surface area contributed by atoms with Crippen molar-refractivity contribution in [2.75, 3.05) is 13.2 Å². The Balaban J connectivity index is 1.11. The number of ether oxygens (including phenoxy) is 4. The summed E-state index contributed by atoms with van der Waals surface area (Å²) in [5.41, 5.74) is 4.07. The summed E-state index contributed by atoms with van der Waals surface area (Å²) in [6.07, 6.45) is 9.61. The molecule has 7 rings (SSSR count). The summed E-state index contributed by atoms with van der Waals surface area (Å²) in [7, 11) is 0. The van der Waals surface area contributed by atoms with Gasteiger partial charge in [-0.15, -0.1) is 0 Å². The lowest BCUT2D eigenvalue weighted by atomic mass is 9.88. The Hall–Kier alpha value is -3.30. The van der Waals surface area contributed by atoms with E-state index in [1.54, 1.807) is 12.1 Å². The quantitative estimate of drug-likeness (QED) is 0.396. The van der Waals surface area contributed by atoms with Crippen LogP contribution >= 0.6 is 0 Å². The molecule has 2 aromatic carbocycles. The highest BCUT2D eigenvalue weighted by Crippen LogP contribution is 2.45. The highest BCUT2D eigenvalue weighted by molar-refractivity contribution is 5.95. The SMILES string of the molecule is O=C(NCCO)C1=CC2OC3(Cc4ccccc4C3)OC2C(OC(=O)c2ccccc2C=CC2CCC3OC3C2)C1. The first-order chi connectivity index (χ1) is 20.0. The fourth-order valence-corrected chi connectivity index (χ4v) is 6.82. The number of aliphatic hydroxyl groups is 1. The highest BCUT2D eigenvalue weighted by atomic mass is 16.8. The summed E-state index contributed by atoms with van der Waals surface area (Å²) in [6.45, 7) is -0.0244. The first-order valence-corrected chi connectivity index (χ1v) is 14.7. The molecule has 6 unspecified atom stereocenters. The fraction of sp³-hybridized carbons (Fsp3) is 0.455. The van der Waals surface area contributed by atoms with Crippen molar-refractivity contribution in [2.24, 2.45) is 5.92 Å². The number of hydrogen-bond donors (Lipinski definition) is 2. The molecule has 3 fully saturated rings. The lowest BCUT2D eigenvalue weighted by Crippen LogP contribution is -2.44. The van der Waals surface area contributed by atoms with Gasteiger partial charge >= 0.3 is 5.97 Å². The monoisotopic (exact) mass is 557 g/mol. The number of epoxide rings is 1. The van der Waals surface area contributed by atoms with Gasteiger partial charge in [0, 0.05) is 31.4 Å². The molecule has 2 heterocycles. The lowest BCUT2D eigenvalue weighted by molar-refractivity contribution is -0.172. The molecule has 1 spiro atoms. The summed E-state index contributed by atoms with van der Waals surface area (Å²) in [6, 6.07) is 15.6. The number of carbonyl (C=O) groups excluding carboxylic acids is 2. The third kappa shape index (κ3) is 5.37. The molecule has 41 heavy (non-hydrogen) atoms. The molecular formula is C33H35NO7. The molecule has 3 aliphatic carbocycles. The number of benzene rings is 2. The fourth-order valence-electron chi connectivity index (χ4n) is 6.82. The molecule has 2 aromatic rings. The first kappa shape index (κ1) is 26.6. The van der Waals surface area contributed by atoms with Gasteiger partial charge in [0.15, 0.2) is 5.79 Å². The minimum Gasteiger partial charge on any atom is -0.456 e. The second-order valence-electron chi connectivity index (χ2n) is 11.7. The molecule has 6 atom stereocenters. The Morgan fingerprint density at radius 2 is 1.80 bits per heavy atom. The summed E-state index contributed by atoms with van der Waals surface area (Å²) in [5.74, 6) is -1.19. The van der Waals surface area contributed by atoms with Crippen molar-refractivity contribution in [1.29, 1.82) is 0 Å². The molecule has 1 saturated carbocycles. The number of rotatable bonds is 7. The predicted octanol–water partition coefficient (Wildman–Crippen LogP) is 3.51. The normalized spacial score (nSPS) is 30.8. The third-order valence-electron chi connectivity index (χ3n) is 8.94. The van der Waals surface area contributed by atoms with Gasteiger partial charge in [0.05, 0.1) is 24.4 Å². The van der Waals surface area contributed by atoms with Crippen molar-refractivity contribution < 1.29 is 33.6 Å². The molecule has 0 aromatic heterocycles. The van der Waals surface area contributed by atoms with Gasteiger partial charge in [-0.1, -0.05) is 54.6 Å². The number of allylic oxidation sites excluding steroid dienone is 1. The number of fused-ring (bicyclic) bond motifs is 3. The predicted molar refractivity (Wildman–Crippen MR) is 150 cm³/mol. The van der Waals surface area contributed by atoms with E-state index in [0.29, 0.717) is 42.1 Å². The Labute approximate surface area is 239 Å². The van der Waals surface area contributed by atoms with Crippen molar-refractivity contribution >= 4 is 18.0 Å². The van der Waals surface area contributed by atoms with Gasteiger partial charge < -0.3 is 29.4 Å². The molecule has 0 radical (unpaired) electrons. The Bertz CT molecular complexity index is 1370. The maximum Gasteiger partial charge on any atom is 0.339 e. The smallest absolute Gasteiger partial charge is 0.339 e. The standard InChI is InChI=1S/C33H35NO7/c35-14-13-34-31(36)24-16-28(30-29(17-24)40-33(41-30)18-22-6-1-2-7-23(22)19-33)39-32(37)25-8-4-3-5-21(25)11-9-20-10-12-26-27(15-20)38-26/h1-9,11,17,20,26-30,35H,10,12-16,18-19H2,(H,34,36). The zero-order chi connectivity index (χ0) is 28.0. The Kier molecular flexibility index (Phi) is 7.03. The Morgan fingerprint density at radius 1 is 1.02 bits per heavy atom. The van der Waals surface area contributed by atoms with E-state index in [-0.39, 0.29) is 25.5 Å². The van der Waals surface area contributed by atoms with E-state index in [9.17, 15) is 14.7 Å². The van der Waals surface area contributed by atoms with E-state index in [1.807, 2.05) is 36.4 Å². The van der Waals surface area contributed by atoms with Gasteiger partial charge in [0.2, 0.25) is 5.91 Å². The molecule has 2 N–H and O–H groups in total. The molecule has 8 heteroatoms. The number of amides is 1. The van der Waals surface area contributed by atoms with Gasteiger partial charge in [-0.3, -0.25) is 4.79 Å². The van der Waals surface area contributed by atoms with Gasteiger partial charge in [0.1, 0.15) is 18.3 Å². The Morgan fingerprint density at radius 3 is 2.59 bits per heavy atom. The van der Waals surface area contributed by atoms with Gasteiger partial charge in [-0.05, 0) is 54.0 Å². The summed E-state index contributed by atoms with van der Waals surface area (Å²) >= 11 is 0. The molecule has 1 amide bonds. The molecule has 8 nitrogen and oxygen atoms in total. The maximum atomic E-state index is 13.6. The van der Waals surface area contributed by atoms with Crippen molar-refractivity contribution in [2.45, 2.75) is 74.8 Å². The second-order valence-corrected chi connectivity index (χ2v) is 11.7. The van der Waals surface area contributed by atoms with Crippen LogP contribution in [0.1, 0.15) is 52.7 Å². The van der Waals surface area contributed by atoms with Crippen molar-refractivity contribution in [3.63, 3.8) is 0 Å². The highest BCUT2D eigenvalue weighted by Gasteiger charge is 2.55. The van der Waals surface area contributed by atoms with E-state index in [0.717, 1.165) is 24.8 Å². The molecule has 5 aliphatic rings. The first-order valence-electron chi connectivity index (χ1n) is 14.7. The van der Waals surface area contributed by atoms with Crippen molar-refractivity contribution in [1.82, 2.24) is 5.32 Å². The van der Waals surface area contributed by atoms with Gasteiger partial charge in [0.25, 0.3) is 0 Å². The molecular weight excluding hydrogens is 522 g/mol. The van der Waals surface area contributed by atoms with E-state index in [2.05, 4.69) is 23.5 Å². The number of esters is 1. The van der Waals surface area contributed by atoms with Crippen LogP contribution in [0.25, 0.3) is 6.08 Å². The minimum absolute atomic E-state index is 0.138. The minimum atomic E-state index is -0.859. The zero-order valence-corrected chi connectivity index (χ0v) is 22.9. The number of nitrogens with one attached hydrogen (secondary N) is 1. The average Bonchev–Trinajstić information content (AvgIpc) is 3.54. The lowest BCUT2D eigenvalue weighted by Gasteiger charge is -2.30. The topological polar surface area (TPSA) is 107 Å². The van der Waals surface area contributed by atoms with Crippen LogP contribution < -0.4 is 5.32 Å². The average molecular weight is 558 g/mol. The van der Waals surface area contributed by atoms with Crippen LogP contribution in [0, 0.1) is 5.92 Å². The van der Waals surface area contributed by atoms with E-state index in [4.69, 9.17) is 18.9 Å². The summed E-state index contributed by atoms with van der Waals surface area (Å²) in [4.78, 5) is 26.6. The number of aliphatic hydroxyl groups excluding tert-OH is 1. The van der Waals surface area contributed by atoms with Crippen LogP contribution in [0.2, 0.25) is 0 Å². The zero-order valence-electron chi connectivity index (χ0n) is 22.9. The largest absolute Gasteiger partial charge is 0.456 e. The van der Waals surface area contributed by atoms with Crippen molar-refractivity contribution in [3.05, 3.63) is 88.5 Å². The molecule has 2 aliphatic heterocycles. The maximum absolute atomic E-state index is 13.6. The molecule has 0 bridgehead atoms. The number of carbonyl (C=O) groups is 2. The van der Waals surface area contributed by atoms with Crippen LogP contribution in [0.5, 0.6) is 0 Å². The van der Waals surface area contributed by atoms with Gasteiger partial charge in [-0.25, -0.2) is 4.79 Å².